The number of H-pyrrole nitrogens is 1. The predicted molar refractivity (Wildman–Crippen MR) is 77.0 cm³/mol. The number of hydrogen-bond donors (Lipinski definition) is 2. The van der Waals surface area contributed by atoms with Crippen LogP contribution in [0.3, 0.4) is 0 Å². The molecule has 3 rings (SSSR count). The van der Waals surface area contributed by atoms with Gasteiger partial charge in [-0.1, -0.05) is 29.8 Å². The molecule has 0 aliphatic heterocycles. The van der Waals surface area contributed by atoms with Crippen molar-refractivity contribution >= 4 is 28.2 Å². The highest BCUT2D eigenvalue weighted by molar-refractivity contribution is 6.31. The molecule has 3 aromatic rings. The van der Waals surface area contributed by atoms with Crippen LogP contribution in [0.5, 0.6) is 0 Å². The van der Waals surface area contributed by atoms with E-state index in [1.54, 1.807) is 12.1 Å². The fraction of sp³-hybridized carbons (Fsp3) is 0.0667. The molecule has 1 aromatic heterocycles. The molecule has 0 saturated heterocycles. The van der Waals surface area contributed by atoms with Crippen molar-refractivity contribution in [2.24, 2.45) is 0 Å². The highest BCUT2D eigenvalue weighted by Crippen LogP contribution is 2.24. The molecule has 0 bridgehead atoms. The second kappa shape index (κ2) is 4.94. The van der Waals surface area contributed by atoms with Gasteiger partial charge in [0.15, 0.2) is 5.82 Å². The molecular formula is C15H12ClFN2. The number of aromatic nitrogens is 1. The van der Waals surface area contributed by atoms with Crippen LogP contribution >= 0.6 is 11.6 Å². The second-order valence-electron chi connectivity index (χ2n) is 4.31. The van der Waals surface area contributed by atoms with Crippen LogP contribution in [-0.2, 0) is 6.54 Å². The minimum atomic E-state index is -0.412. The lowest BCUT2D eigenvalue weighted by molar-refractivity contribution is 0.630. The molecule has 4 heteroatoms. The van der Waals surface area contributed by atoms with Crippen molar-refractivity contribution in [2.45, 2.75) is 6.54 Å². The Kier molecular flexibility index (Phi) is 3.13. The van der Waals surface area contributed by atoms with E-state index in [2.05, 4.69) is 10.3 Å². The van der Waals surface area contributed by atoms with Crippen LogP contribution in [0.25, 0.3) is 10.9 Å². The van der Waals surface area contributed by atoms with E-state index in [4.69, 9.17) is 11.6 Å². The summed E-state index contributed by atoms with van der Waals surface area (Å²) in [5.41, 5.74) is 2.60. The van der Waals surface area contributed by atoms with Crippen molar-refractivity contribution in [1.29, 1.82) is 0 Å². The minimum Gasteiger partial charge on any atom is -0.379 e. The van der Waals surface area contributed by atoms with Crippen molar-refractivity contribution in [3.8, 4) is 0 Å². The third kappa shape index (κ3) is 2.29. The van der Waals surface area contributed by atoms with Crippen molar-refractivity contribution in [3.63, 3.8) is 0 Å². The number of rotatable bonds is 3. The maximum absolute atomic E-state index is 13.8. The molecule has 2 aromatic carbocycles. The van der Waals surface area contributed by atoms with Crippen LogP contribution in [0.1, 0.15) is 5.56 Å². The summed E-state index contributed by atoms with van der Waals surface area (Å²) in [7, 11) is 0. The first-order valence-electron chi connectivity index (χ1n) is 5.98. The number of nitrogens with one attached hydrogen (secondary N) is 2. The number of aromatic amines is 1. The van der Waals surface area contributed by atoms with Gasteiger partial charge in [0.05, 0.1) is 10.7 Å². The molecule has 96 valence electrons. The zero-order valence-electron chi connectivity index (χ0n) is 10.1. The molecule has 19 heavy (non-hydrogen) atoms. The molecule has 0 spiro atoms. The topological polar surface area (TPSA) is 27.8 Å². The van der Waals surface area contributed by atoms with E-state index < -0.39 is 5.82 Å². The Balaban J connectivity index is 1.86. The summed E-state index contributed by atoms with van der Waals surface area (Å²) < 4.78 is 13.8. The van der Waals surface area contributed by atoms with E-state index in [1.807, 2.05) is 30.5 Å². The van der Waals surface area contributed by atoms with Crippen LogP contribution in [-0.4, -0.2) is 4.98 Å². The highest BCUT2D eigenvalue weighted by Gasteiger charge is 2.06. The lowest BCUT2D eigenvalue weighted by atomic mass is 10.1. The van der Waals surface area contributed by atoms with E-state index in [0.717, 1.165) is 16.5 Å². The Morgan fingerprint density at radius 3 is 2.84 bits per heavy atom. The first-order chi connectivity index (χ1) is 9.25. The Bertz CT molecular complexity index is 721. The van der Waals surface area contributed by atoms with Gasteiger partial charge >= 0.3 is 0 Å². The summed E-state index contributed by atoms with van der Waals surface area (Å²) in [6, 6.07) is 13.0. The number of benzene rings is 2. The Labute approximate surface area is 115 Å². The van der Waals surface area contributed by atoms with E-state index >= 15 is 0 Å². The quantitative estimate of drug-likeness (QED) is 0.719. The van der Waals surface area contributed by atoms with Gasteiger partial charge in [-0.15, -0.1) is 0 Å². The molecule has 2 N–H and O–H groups in total. The fourth-order valence-electron chi connectivity index (χ4n) is 2.14. The smallest absolute Gasteiger partial charge is 0.164 e. The van der Waals surface area contributed by atoms with Crippen molar-refractivity contribution in [2.75, 3.05) is 5.32 Å². The van der Waals surface area contributed by atoms with E-state index in [1.165, 1.54) is 6.07 Å². The Morgan fingerprint density at radius 1 is 1.11 bits per heavy atom. The lowest BCUT2D eigenvalue weighted by Crippen LogP contribution is -2.01. The summed E-state index contributed by atoms with van der Waals surface area (Å²) >= 11 is 5.75. The molecule has 0 amide bonds. The lowest BCUT2D eigenvalue weighted by Gasteiger charge is -2.09. The molecule has 0 radical (unpaired) electrons. The average molecular weight is 275 g/mol. The van der Waals surface area contributed by atoms with Crippen molar-refractivity contribution in [1.82, 2.24) is 4.98 Å². The number of hydrogen-bond acceptors (Lipinski definition) is 1. The summed E-state index contributed by atoms with van der Waals surface area (Å²) in [4.78, 5) is 3.16. The molecule has 0 unspecified atom stereocenters. The third-order valence-corrected chi connectivity index (χ3v) is 3.40. The molecule has 1 heterocycles. The maximum atomic E-state index is 13.8. The zero-order chi connectivity index (χ0) is 13.2. The van der Waals surface area contributed by atoms with Gasteiger partial charge in [0, 0.05) is 23.6 Å². The second-order valence-corrected chi connectivity index (χ2v) is 4.72. The summed E-state index contributed by atoms with van der Waals surface area (Å²) in [6.45, 7) is 0.548. The fourth-order valence-corrected chi connectivity index (χ4v) is 2.31. The summed E-state index contributed by atoms with van der Waals surface area (Å²) in [5.74, 6) is -0.412. The highest BCUT2D eigenvalue weighted by atomic mass is 35.5. The van der Waals surface area contributed by atoms with Gasteiger partial charge in [-0.3, -0.25) is 0 Å². The van der Waals surface area contributed by atoms with Gasteiger partial charge in [0.1, 0.15) is 0 Å². The van der Waals surface area contributed by atoms with Crippen LogP contribution in [0.4, 0.5) is 10.1 Å². The number of anilines is 1. The van der Waals surface area contributed by atoms with E-state index in [9.17, 15) is 4.39 Å². The standard InChI is InChI=1S/C15H12ClFN2/c16-12-4-2-6-14(15(12)17)19-9-10-3-1-5-13-11(10)7-8-18-13/h1-8,18-19H,9H2. The molecular weight excluding hydrogens is 263 g/mol. The molecule has 0 fully saturated rings. The van der Waals surface area contributed by atoms with E-state index in [-0.39, 0.29) is 5.02 Å². The minimum absolute atomic E-state index is 0.129. The van der Waals surface area contributed by atoms with E-state index in [0.29, 0.717) is 12.2 Å². The SMILES string of the molecule is Fc1c(Cl)cccc1NCc1cccc2[nH]ccc12. The number of fused-ring (bicyclic) bond motifs is 1. The average Bonchev–Trinajstić information content (AvgIpc) is 2.89. The van der Waals surface area contributed by atoms with Gasteiger partial charge < -0.3 is 10.3 Å². The third-order valence-electron chi connectivity index (χ3n) is 3.11. The maximum Gasteiger partial charge on any atom is 0.164 e. The van der Waals surface area contributed by atoms with Gasteiger partial charge in [-0.05, 0) is 29.8 Å². The zero-order valence-corrected chi connectivity index (χ0v) is 10.8. The molecule has 0 aliphatic carbocycles. The van der Waals surface area contributed by atoms with Gasteiger partial charge in [-0.25, -0.2) is 4.39 Å². The van der Waals surface area contributed by atoms with Crippen LogP contribution < -0.4 is 5.32 Å². The first-order valence-corrected chi connectivity index (χ1v) is 6.36. The summed E-state index contributed by atoms with van der Waals surface area (Å²) in [6.07, 6.45) is 1.90. The van der Waals surface area contributed by atoms with Gasteiger partial charge in [-0.2, -0.15) is 0 Å². The Hall–Kier alpha value is -2.00. The van der Waals surface area contributed by atoms with Crippen LogP contribution in [0, 0.1) is 5.82 Å². The normalized spacial score (nSPS) is 10.8. The van der Waals surface area contributed by atoms with Crippen molar-refractivity contribution < 1.29 is 4.39 Å². The van der Waals surface area contributed by atoms with Crippen LogP contribution in [0.15, 0.2) is 48.7 Å². The predicted octanol–water partition coefficient (Wildman–Crippen LogP) is 4.57. The van der Waals surface area contributed by atoms with Gasteiger partial charge in [0.25, 0.3) is 0 Å². The monoisotopic (exact) mass is 274 g/mol. The molecule has 0 saturated carbocycles. The summed E-state index contributed by atoms with van der Waals surface area (Å²) in [5, 5.41) is 4.34. The largest absolute Gasteiger partial charge is 0.379 e. The number of halogens is 2. The Morgan fingerprint density at radius 2 is 1.95 bits per heavy atom. The van der Waals surface area contributed by atoms with Gasteiger partial charge in [0.2, 0.25) is 0 Å². The molecule has 2 nitrogen and oxygen atoms in total. The molecule has 0 aliphatic rings. The van der Waals surface area contributed by atoms with Crippen molar-refractivity contribution in [3.05, 3.63) is 65.1 Å². The van der Waals surface area contributed by atoms with Crippen LogP contribution in [0.2, 0.25) is 5.02 Å². The molecule has 0 atom stereocenters. The first kappa shape index (κ1) is 12.1.